The first-order chi connectivity index (χ1) is 8.33. The highest BCUT2D eigenvalue weighted by molar-refractivity contribution is 8.00. The van der Waals surface area contributed by atoms with E-state index in [0.29, 0.717) is 6.42 Å². The number of aromatic nitrogens is 1. The number of H-pyrrole nitrogens is 1. The van der Waals surface area contributed by atoms with Crippen LogP contribution < -0.4 is 5.32 Å². The van der Waals surface area contributed by atoms with Crippen molar-refractivity contribution in [1.82, 2.24) is 10.3 Å². The number of Topliss-reactive ketones (excluding diaryl/α,β-unsaturated/α-hetero) is 1. The van der Waals surface area contributed by atoms with Gasteiger partial charge in [0.2, 0.25) is 0 Å². The average molecular weight is 246 g/mol. The molecule has 88 valence electrons. The molecule has 0 saturated carbocycles. The van der Waals surface area contributed by atoms with Crippen LogP contribution in [0.5, 0.6) is 0 Å². The minimum Gasteiger partial charge on any atom is -0.358 e. The summed E-state index contributed by atoms with van der Waals surface area (Å²) in [6, 6.07) is 10.2. The van der Waals surface area contributed by atoms with E-state index in [9.17, 15) is 4.79 Å². The van der Waals surface area contributed by atoms with Crippen LogP contribution >= 0.6 is 11.8 Å². The van der Waals surface area contributed by atoms with Gasteiger partial charge in [-0.25, -0.2) is 0 Å². The number of carbonyl (C=O) groups is 1. The Morgan fingerprint density at radius 2 is 2.29 bits per heavy atom. The van der Waals surface area contributed by atoms with Crippen molar-refractivity contribution in [3.8, 4) is 0 Å². The largest absolute Gasteiger partial charge is 0.358 e. The number of para-hydroxylation sites is 1. The fourth-order valence-corrected chi connectivity index (χ4v) is 3.12. The predicted molar refractivity (Wildman–Crippen MR) is 71.3 cm³/mol. The molecule has 4 heteroatoms. The fourth-order valence-electron chi connectivity index (χ4n) is 2.14. The van der Waals surface area contributed by atoms with Crippen LogP contribution in [-0.4, -0.2) is 28.4 Å². The van der Waals surface area contributed by atoms with Crippen molar-refractivity contribution in [1.29, 1.82) is 0 Å². The van der Waals surface area contributed by atoms with Gasteiger partial charge in [0.25, 0.3) is 0 Å². The summed E-state index contributed by atoms with van der Waals surface area (Å²) in [7, 11) is 0. The summed E-state index contributed by atoms with van der Waals surface area (Å²) in [6.07, 6.45) is 0.485. The standard InChI is InChI=1S/C13H14N2OS/c16-12(13-14-5-6-17-13)8-10-7-9-3-1-2-4-11(9)15-10/h1-4,7,13-15H,5-6,8H2. The van der Waals surface area contributed by atoms with E-state index in [4.69, 9.17) is 0 Å². The molecule has 0 amide bonds. The predicted octanol–water partition coefficient (Wildman–Crippen LogP) is 1.94. The third-order valence-corrected chi connectivity index (χ3v) is 4.16. The lowest BCUT2D eigenvalue weighted by Crippen LogP contribution is -2.30. The Morgan fingerprint density at radius 3 is 3.06 bits per heavy atom. The lowest BCUT2D eigenvalue weighted by Gasteiger charge is -2.06. The first-order valence-electron chi connectivity index (χ1n) is 5.77. The van der Waals surface area contributed by atoms with Crippen LogP contribution in [0.3, 0.4) is 0 Å². The zero-order valence-electron chi connectivity index (χ0n) is 9.40. The Hall–Kier alpha value is -1.26. The topological polar surface area (TPSA) is 44.9 Å². The van der Waals surface area contributed by atoms with Crippen molar-refractivity contribution in [3.63, 3.8) is 0 Å². The molecule has 2 aromatic rings. The van der Waals surface area contributed by atoms with Crippen molar-refractivity contribution >= 4 is 28.4 Å². The molecule has 0 bridgehead atoms. The summed E-state index contributed by atoms with van der Waals surface area (Å²) < 4.78 is 0. The van der Waals surface area contributed by atoms with E-state index in [2.05, 4.69) is 22.4 Å². The fraction of sp³-hybridized carbons (Fsp3) is 0.308. The van der Waals surface area contributed by atoms with E-state index < -0.39 is 0 Å². The molecule has 17 heavy (non-hydrogen) atoms. The summed E-state index contributed by atoms with van der Waals surface area (Å²) in [5, 5.41) is 4.37. The number of nitrogens with one attached hydrogen (secondary N) is 2. The minimum absolute atomic E-state index is 0.0126. The van der Waals surface area contributed by atoms with E-state index in [-0.39, 0.29) is 11.2 Å². The Labute approximate surface area is 104 Å². The first-order valence-corrected chi connectivity index (χ1v) is 6.82. The number of aromatic amines is 1. The van der Waals surface area contributed by atoms with E-state index in [1.54, 1.807) is 11.8 Å². The average Bonchev–Trinajstić information content (AvgIpc) is 2.97. The zero-order valence-corrected chi connectivity index (χ0v) is 10.2. The normalized spacial score (nSPS) is 19.9. The van der Waals surface area contributed by atoms with Gasteiger partial charge >= 0.3 is 0 Å². The van der Waals surface area contributed by atoms with Crippen LogP contribution in [0, 0.1) is 0 Å². The van der Waals surface area contributed by atoms with E-state index in [1.165, 1.54) is 5.39 Å². The van der Waals surface area contributed by atoms with Gasteiger partial charge in [-0.15, -0.1) is 11.8 Å². The second kappa shape index (κ2) is 4.55. The van der Waals surface area contributed by atoms with Gasteiger partial charge in [-0.1, -0.05) is 18.2 Å². The second-order valence-corrected chi connectivity index (χ2v) is 5.44. The lowest BCUT2D eigenvalue weighted by molar-refractivity contribution is -0.118. The highest BCUT2D eigenvalue weighted by atomic mass is 32.2. The Morgan fingerprint density at radius 1 is 1.41 bits per heavy atom. The van der Waals surface area contributed by atoms with Gasteiger partial charge in [0, 0.05) is 29.9 Å². The van der Waals surface area contributed by atoms with Gasteiger partial charge in [-0.2, -0.15) is 0 Å². The molecule has 3 rings (SSSR count). The number of fused-ring (bicyclic) bond motifs is 1. The van der Waals surface area contributed by atoms with Gasteiger partial charge in [0.1, 0.15) is 5.37 Å². The van der Waals surface area contributed by atoms with Crippen LogP contribution in [0.2, 0.25) is 0 Å². The van der Waals surface area contributed by atoms with Gasteiger partial charge in [0.05, 0.1) is 0 Å². The van der Waals surface area contributed by atoms with Crippen molar-refractivity contribution in [2.45, 2.75) is 11.8 Å². The molecular formula is C13H14N2OS. The number of hydrogen-bond acceptors (Lipinski definition) is 3. The van der Waals surface area contributed by atoms with Crippen molar-refractivity contribution in [2.75, 3.05) is 12.3 Å². The molecule has 1 aliphatic heterocycles. The van der Waals surface area contributed by atoms with Gasteiger partial charge < -0.3 is 4.98 Å². The van der Waals surface area contributed by atoms with Crippen LogP contribution in [0.25, 0.3) is 10.9 Å². The van der Waals surface area contributed by atoms with E-state index in [1.807, 2.05) is 18.2 Å². The Kier molecular flexibility index (Phi) is 2.91. The molecular weight excluding hydrogens is 232 g/mol. The molecule has 2 heterocycles. The number of benzene rings is 1. The molecule has 1 fully saturated rings. The molecule has 1 aromatic carbocycles. The lowest BCUT2D eigenvalue weighted by atomic mass is 10.2. The molecule has 1 atom stereocenters. The molecule has 0 radical (unpaired) electrons. The highest BCUT2D eigenvalue weighted by Crippen LogP contribution is 2.19. The third-order valence-electron chi connectivity index (χ3n) is 2.96. The van der Waals surface area contributed by atoms with Crippen LogP contribution in [0.4, 0.5) is 0 Å². The summed E-state index contributed by atoms with van der Waals surface area (Å²) in [5.41, 5.74) is 2.10. The molecule has 2 N–H and O–H groups in total. The monoisotopic (exact) mass is 246 g/mol. The zero-order chi connectivity index (χ0) is 11.7. The SMILES string of the molecule is O=C(Cc1cc2ccccc2[nH]1)C1NCCS1. The molecule has 1 unspecified atom stereocenters. The summed E-state index contributed by atoms with van der Waals surface area (Å²) >= 11 is 1.70. The van der Waals surface area contributed by atoms with E-state index in [0.717, 1.165) is 23.5 Å². The number of thioether (sulfide) groups is 1. The smallest absolute Gasteiger partial charge is 0.165 e. The maximum absolute atomic E-state index is 12.0. The minimum atomic E-state index is -0.0126. The van der Waals surface area contributed by atoms with Crippen LogP contribution in [-0.2, 0) is 11.2 Å². The Balaban J connectivity index is 1.77. The van der Waals surface area contributed by atoms with Crippen LogP contribution in [0.15, 0.2) is 30.3 Å². The number of hydrogen-bond donors (Lipinski definition) is 2. The number of carbonyl (C=O) groups excluding carboxylic acids is 1. The maximum Gasteiger partial charge on any atom is 0.165 e. The van der Waals surface area contributed by atoms with Gasteiger partial charge in [-0.3, -0.25) is 10.1 Å². The van der Waals surface area contributed by atoms with Crippen molar-refractivity contribution in [3.05, 3.63) is 36.0 Å². The summed E-state index contributed by atoms with van der Waals surface area (Å²) in [4.78, 5) is 15.3. The summed E-state index contributed by atoms with van der Waals surface area (Å²) in [5.74, 6) is 1.29. The molecule has 1 saturated heterocycles. The van der Waals surface area contributed by atoms with Gasteiger partial charge in [0.15, 0.2) is 5.78 Å². The highest BCUT2D eigenvalue weighted by Gasteiger charge is 2.22. The molecule has 1 aliphatic rings. The third kappa shape index (κ3) is 2.23. The molecule has 1 aromatic heterocycles. The van der Waals surface area contributed by atoms with Crippen LogP contribution in [0.1, 0.15) is 5.69 Å². The first kappa shape index (κ1) is 10.9. The summed E-state index contributed by atoms with van der Waals surface area (Å²) in [6.45, 7) is 0.938. The second-order valence-electron chi connectivity index (χ2n) is 4.23. The maximum atomic E-state index is 12.0. The molecule has 0 spiro atoms. The Bertz CT molecular complexity index is 510. The number of rotatable bonds is 3. The molecule has 3 nitrogen and oxygen atoms in total. The van der Waals surface area contributed by atoms with Gasteiger partial charge in [-0.05, 0) is 17.5 Å². The van der Waals surface area contributed by atoms with Crippen molar-refractivity contribution in [2.24, 2.45) is 0 Å². The van der Waals surface area contributed by atoms with Crippen molar-refractivity contribution < 1.29 is 4.79 Å². The molecule has 0 aliphatic carbocycles. The van der Waals surface area contributed by atoms with E-state index >= 15 is 0 Å². The number of ketones is 1. The quantitative estimate of drug-likeness (QED) is 0.870.